The first kappa shape index (κ1) is 18.7. The van der Waals surface area contributed by atoms with Crippen LogP contribution in [0.25, 0.3) is 0 Å². The average Bonchev–Trinajstić information content (AvgIpc) is 3.44. The summed E-state index contributed by atoms with van der Waals surface area (Å²) in [6.45, 7) is 11.4. The van der Waals surface area contributed by atoms with Crippen LogP contribution in [0.15, 0.2) is 23.8 Å². The fraction of sp³-hybridized carbons (Fsp3) is 0.714. The molecule has 2 aliphatic carbocycles. The number of esters is 2. The number of allylic oxidation sites excluding steroid dienone is 1. The molecule has 0 aromatic heterocycles. The van der Waals surface area contributed by atoms with Crippen molar-refractivity contribution in [1.29, 1.82) is 0 Å². The van der Waals surface area contributed by atoms with Crippen LogP contribution in [0.2, 0.25) is 0 Å². The zero-order chi connectivity index (χ0) is 19.7. The monoisotopic (exact) mass is 376 g/mol. The van der Waals surface area contributed by atoms with Crippen molar-refractivity contribution in [2.75, 3.05) is 0 Å². The van der Waals surface area contributed by atoms with E-state index in [1.807, 2.05) is 13.8 Å². The summed E-state index contributed by atoms with van der Waals surface area (Å²) in [5, 5.41) is 10.7. The number of carbonyl (C=O) groups excluding carboxylic acids is 2. The SMILES string of the molecule is C=C1C(=O)O[C@@H]2[C@H]1[C@H](OC(=O)/C(C)=C\C)C[C@]1(C)O[C@@H]1C[C@H](O)[C@@]1(C)C[C@@H]21. The number of rotatable bonds is 2. The zero-order valence-corrected chi connectivity index (χ0v) is 16.4. The lowest BCUT2D eigenvalue weighted by Gasteiger charge is -2.31. The summed E-state index contributed by atoms with van der Waals surface area (Å²) in [6, 6.07) is 0. The maximum atomic E-state index is 12.5. The van der Waals surface area contributed by atoms with Crippen molar-refractivity contribution < 1.29 is 28.9 Å². The molecule has 4 aliphatic rings. The van der Waals surface area contributed by atoms with E-state index >= 15 is 0 Å². The fourth-order valence-electron chi connectivity index (χ4n) is 4.89. The number of hydrogen-bond donors (Lipinski definition) is 1. The number of carbonyl (C=O) groups is 2. The molecular formula is C21H28O6. The van der Waals surface area contributed by atoms with Crippen LogP contribution < -0.4 is 0 Å². The summed E-state index contributed by atoms with van der Waals surface area (Å²) in [5.74, 6) is -1.21. The second-order valence-corrected chi connectivity index (χ2v) is 9.03. The summed E-state index contributed by atoms with van der Waals surface area (Å²) in [5.41, 5.74) is 0.0708. The predicted octanol–water partition coefficient (Wildman–Crippen LogP) is 2.30. The van der Waals surface area contributed by atoms with Crippen molar-refractivity contribution in [3.05, 3.63) is 23.8 Å². The molecule has 0 spiro atoms. The van der Waals surface area contributed by atoms with Gasteiger partial charge >= 0.3 is 11.9 Å². The van der Waals surface area contributed by atoms with Crippen LogP contribution in [0.3, 0.4) is 0 Å². The molecule has 0 radical (unpaired) electrons. The predicted molar refractivity (Wildman–Crippen MR) is 96.6 cm³/mol. The average molecular weight is 376 g/mol. The van der Waals surface area contributed by atoms with Gasteiger partial charge in [0.2, 0.25) is 0 Å². The van der Waals surface area contributed by atoms with E-state index in [-0.39, 0.29) is 17.4 Å². The lowest BCUT2D eigenvalue weighted by Crippen LogP contribution is -2.41. The highest BCUT2D eigenvalue weighted by atomic mass is 16.6. The lowest BCUT2D eigenvalue weighted by molar-refractivity contribution is -0.150. The van der Waals surface area contributed by atoms with E-state index in [9.17, 15) is 14.7 Å². The van der Waals surface area contributed by atoms with E-state index in [1.165, 1.54) is 0 Å². The summed E-state index contributed by atoms with van der Waals surface area (Å²) < 4.78 is 17.4. The number of aliphatic hydroxyl groups is 1. The number of epoxide rings is 1. The Morgan fingerprint density at radius 2 is 2.07 bits per heavy atom. The number of hydrogen-bond acceptors (Lipinski definition) is 6. The van der Waals surface area contributed by atoms with E-state index in [0.29, 0.717) is 24.0 Å². The molecule has 2 saturated heterocycles. The molecule has 0 aromatic rings. The quantitative estimate of drug-likeness (QED) is 0.452. The van der Waals surface area contributed by atoms with Gasteiger partial charge in [-0.2, -0.15) is 0 Å². The van der Waals surface area contributed by atoms with E-state index in [1.54, 1.807) is 19.9 Å². The Bertz CT molecular complexity index is 741. The lowest BCUT2D eigenvalue weighted by atomic mass is 9.78. The van der Waals surface area contributed by atoms with Gasteiger partial charge in [-0.3, -0.25) is 0 Å². The zero-order valence-electron chi connectivity index (χ0n) is 16.4. The normalized spacial score (nSPS) is 48.7. The molecule has 2 aliphatic heterocycles. The van der Waals surface area contributed by atoms with Crippen molar-refractivity contribution >= 4 is 11.9 Å². The van der Waals surface area contributed by atoms with Crippen molar-refractivity contribution in [3.63, 3.8) is 0 Å². The molecule has 0 aromatic carbocycles. The van der Waals surface area contributed by atoms with Gasteiger partial charge in [-0.15, -0.1) is 0 Å². The standard InChI is InChI=1S/C21H28O6/c1-6-10(2)18(23)25-13-9-21(5)15(27-21)7-14(22)20(4)8-12(20)17-16(13)11(3)19(24)26-17/h6,12-17,22H,3,7-9H2,1-2,4-5H3/b10-6-/t12-,13+,14-,15+,16+,17-,20-,21-/m0/s1. The van der Waals surface area contributed by atoms with Crippen LogP contribution in [0.5, 0.6) is 0 Å². The van der Waals surface area contributed by atoms with Gasteiger partial charge in [0.05, 0.1) is 23.7 Å². The second-order valence-electron chi connectivity index (χ2n) is 9.03. The Balaban J connectivity index is 1.69. The van der Waals surface area contributed by atoms with Gasteiger partial charge < -0.3 is 19.3 Å². The summed E-state index contributed by atoms with van der Waals surface area (Å²) in [6.07, 6.45) is 1.92. The highest BCUT2D eigenvalue weighted by Gasteiger charge is 2.68. The van der Waals surface area contributed by atoms with Crippen molar-refractivity contribution in [1.82, 2.24) is 0 Å². The largest absolute Gasteiger partial charge is 0.458 e. The van der Waals surface area contributed by atoms with Crippen molar-refractivity contribution in [3.8, 4) is 0 Å². The summed E-state index contributed by atoms with van der Waals surface area (Å²) >= 11 is 0. The van der Waals surface area contributed by atoms with Crippen molar-refractivity contribution in [2.45, 2.75) is 77.0 Å². The highest BCUT2D eigenvalue weighted by Crippen LogP contribution is 2.63. The van der Waals surface area contributed by atoms with Gasteiger partial charge in [-0.1, -0.05) is 19.6 Å². The number of aliphatic hydroxyl groups excluding tert-OH is 1. The van der Waals surface area contributed by atoms with E-state index in [2.05, 4.69) is 6.58 Å². The smallest absolute Gasteiger partial charge is 0.334 e. The molecule has 0 unspecified atom stereocenters. The van der Waals surface area contributed by atoms with Crippen molar-refractivity contribution in [2.24, 2.45) is 17.3 Å². The first-order valence-electron chi connectivity index (χ1n) is 9.70. The number of ether oxygens (including phenoxy) is 3. The van der Waals surface area contributed by atoms with Crippen LogP contribution in [-0.2, 0) is 23.8 Å². The molecule has 27 heavy (non-hydrogen) atoms. The minimum absolute atomic E-state index is 0.0350. The molecule has 2 saturated carbocycles. The molecule has 0 amide bonds. The fourth-order valence-corrected chi connectivity index (χ4v) is 4.89. The Hall–Kier alpha value is -1.66. The third kappa shape index (κ3) is 2.85. The van der Waals surface area contributed by atoms with E-state index in [4.69, 9.17) is 14.2 Å². The third-order valence-electron chi connectivity index (χ3n) is 7.26. The molecule has 0 bridgehead atoms. The van der Waals surface area contributed by atoms with Crippen LogP contribution in [-0.4, -0.2) is 47.1 Å². The first-order valence-corrected chi connectivity index (χ1v) is 9.70. The number of fused-ring (bicyclic) bond motifs is 4. The third-order valence-corrected chi connectivity index (χ3v) is 7.26. The maximum absolute atomic E-state index is 12.5. The molecule has 4 rings (SSSR count). The van der Waals surface area contributed by atoms with E-state index in [0.717, 1.165) is 6.42 Å². The van der Waals surface area contributed by atoms with Gasteiger partial charge in [0.1, 0.15) is 12.2 Å². The molecular weight excluding hydrogens is 348 g/mol. The molecule has 6 heteroatoms. The summed E-state index contributed by atoms with van der Waals surface area (Å²) in [7, 11) is 0. The minimum atomic E-state index is -0.550. The van der Waals surface area contributed by atoms with Gasteiger partial charge in [0.15, 0.2) is 0 Å². The first-order chi connectivity index (χ1) is 12.6. The Morgan fingerprint density at radius 3 is 2.74 bits per heavy atom. The topological polar surface area (TPSA) is 85.4 Å². The van der Waals surface area contributed by atoms with Gasteiger partial charge in [0, 0.05) is 35.3 Å². The molecule has 148 valence electrons. The molecule has 8 atom stereocenters. The van der Waals surface area contributed by atoms with E-state index < -0.39 is 41.8 Å². The summed E-state index contributed by atoms with van der Waals surface area (Å²) in [4.78, 5) is 24.8. The maximum Gasteiger partial charge on any atom is 0.334 e. The Labute approximate surface area is 159 Å². The van der Waals surface area contributed by atoms with Gasteiger partial charge in [-0.05, 0) is 27.2 Å². The Kier molecular flexibility index (Phi) is 4.10. The Morgan fingerprint density at radius 1 is 1.37 bits per heavy atom. The van der Waals surface area contributed by atoms with Crippen LogP contribution in [0.4, 0.5) is 0 Å². The highest BCUT2D eigenvalue weighted by molar-refractivity contribution is 5.91. The van der Waals surface area contributed by atoms with Crippen LogP contribution >= 0.6 is 0 Å². The van der Waals surface area contributed by atoms with Crippen LogP contribution in [0, 0.1) is 17.3 Å². The minimum Gasteiger partial charge on any atom is -0.458 e. The van der Waals surface area contributed by atoms with Crippen LogP contribution in [0.1, 0.15) is 47.0 Å². The van der Waals surface area contributed by atoms with Gasteiger partial charge in [0.25, 0.3) is 0 Å². The second kappa shape index (κ2) is 5.92. The molecule has 6 nitrogen and oxygen atoms in total. The molecule has 1 N–H and O–H groups in total. The molecule has 2 heterocycles. The molecule has 4 fully saturated rings. The van der Waals surface area contributed by atoms with Gasteiger partial charge in [-0.25, -0.2) is 9.59 Å².